The predicted octanol–water partition coefficient (Wildman–Crippen LogP) is 1.78. The molecular weight excluding hydrogens is 390 g/mol. The van der Waals surface area contributed by atoms with E-state index in [0.29, 0.717) is 11.6 Å². The van der Waals surface area contributed by atoms with Gasteiger partial charge in [0.1, 0.15) is 11.7 Å². The fourth-order valence-corrected chi connectivity index (χ4v) is 3.71. The first-order valence-corrected chi connectivity index (χ1v) is 10.4. The van der Waals surface area contributed by atoms with Crippen LogP contribution in [0.15, 0.2) is 51.4 Å². The van der Waals surface area contributed by atoms with Crippen LogP contribution in [0.1, 0.15) is 37.4 Å². The highest BCUT2D eigenvalue weighted by Gasteiger charge is 2.25. The largest absolute Gasteiger partial charge is 0.352 e. The Morgan fingerprint density at radius 2 is 1.97 bits per heavy atom. The van der Waals surface area contributed by atoms with E-state index in [1.165, 1.54) is 32.8 Å². The molecule has 0 bridgehead atoms. The molecule has 0 saturated heterocycles. The fourth-order valence-electron chi connectivity index (χ4n) is 3.02. The van der Waals surface area contributed by atoms with E-state index in [9.17, 15) is 14.4 Å². The Bertz CT molecular complexity index is 1130. The van der Waals surface area contributed by atoms with Crippen molar-refractivity contribution < 1.29 is 4.79 Å². The standard InChI is InChI=1S/C20H21N5O3S/c1-13(25-19(27)9-7-16(23-25)17-3-2-12-29-17)20(28)21-10-11-24-18(26)8-6-15(22-24)14-4-5-14/h2-3,6-9,12-14H,4-5,10-11H2,1H3,(H,21,28). The molecule has 0 aromatic carbocycles. The van der Waals surface area contributed by atoms with E-state index in [1.54, 1.807) is 19.1 Å². The lowest BCUT2D eigenvalue weighted by molar-refractivity contribution is -0.124. The molecule has 8 nitrogen and oxygen atoms in total. The Labute approximate surface area is 170 Å². The van der Waals surface area contributed by atoms with Crippen molar-refractivity contribution in [1.29, 1.82) is 0 Å². The molecule has 1 N–H and O–H groups in total. The summed E-state index contributed by atoms with van der Waals surface area (Å²) in [5, 5.41) is 13.4. The molecule has 1 amide bonds. The van der Waals surface area contributed by atoms with Gasteiger partial charge in [0.2, 0.25) is 5.91 Å². The monoisotopic (exact) mass is 411 g/mol. The van der Waals surface area contributed by atoms with Crippen molar-refractivity contribution in [2.24, 2.45) is 0 Å². The second-order valence-electron chi connectivity index (χ2n) is 7.04. The fraction of sp³-hybridized carbons (Fsp3) is 0.350. The van der Waals surface area contributed by atoms with Crippen molar-refractivity contribution in [2.75, 3.05) is 6.54 Å². The third-order valence-corrected chi connectivity index (χ3v) is 5.74. The maximum absolute atomic E-state index is 12.5. The van der Waals surface area contributed by atoms with Crippen LogP contribution in [0.5, 0.6) is 0 Å². The van der Waals surface area contributed by atoms with Gasteiger partial charge in [-0.05, 0) is 43.3 Å². The first kappa shape index (κ1) is 19.3. The van der Waals surface area contributed by atoms with Crippen molar-refractivity contribution in [3.8, 4) is 10.6 Å². The molecule has 3 aromatic heterocycles. The van der Waals surface area contributed by atoms with Crippen LogP contribution >= 0.6 is 11.3 Å². The van der Waals surface area contributed by atoms with Crippen molar-refractivity contribution >= 4 is 17.2 Å². The number of aromatic nitrogens is 4. The molecule has 0 spiro atoms. The Kier molecular flexibility index (Phi) is 5.39. The van der Waals surface area contributed by atoms with Gasteiger partial charge in [0.05, 0.1) is 17.1 Å². The first-order valence-electron chi connectivity index (χ1n) is 9.52. The van der Waals surface area contributed by atoms with Gasteiger partial charge in [-0.25, -0.2) is 9.36 Å². The molecule has 1 saturated carbocycles. The van der Waals surface area contributed by atoms with E-state index in [-0.39, 0.29) is 30.1 Å². The Morgan fingerprint density at radius 3 is 2.69 bits per heavy atom. The number of thiophene rings is 1. The van der Waals surface area contributed by atoms with Gasteiger partial charge in [-0.15, -0.1) is 11.3 Å². The minimum Gasteiger partial charge on any atom is -0.352 e. The van der Waals surface area contributed by atoms with Crippen LogP contribution in [0.4, 0.5) is 0 Å². The van der Waals surface area contributed by atoms with Crippen molar-refractivity contribution in [3.63, 3.8) is 0 Å². The molecule has 29 heavy (non-hydrogen) atoms. The Balaban J connectivity index is 1.41. The number of nitrogens with zero attached hydrogens (tertiary/aromatic N) is 4. The van der Waals surface area contributed by atoms with Gasteiger partial charge in [0.25, 0.3) is 11.1 Å². The average Bonchev–Trinajstić information content (AvgIpc) is 3.43. The SMILES string of the molecule is CC(C(=O)NCCn1nc(C2CC2)ccc1=O)n1nc(-c2cccs2)ccc1=O. The summed E-state index contributed by atoms with van der Waals surface area (Å²) in [4.78, 5) is 37.6. The first-order chi connectivity index (χ1) is 14.0. The van der Waals surface area contributed by atoms with Crippen LogP contribution in [0.2, 0.25) is 0 Å². The molecule has 0 aliphatic heterocycles. The normalized spacial score (nSPS) is 14.5. The van der Waals surface area contributed by atoms with Crippen LogP contribution < -0.4 is 16.4 Å². The molecule has 9 heteroatoms. The van der Waals surface area contributed by atoms with Gasteiger partial charge in [0, 0.05) is 24.6 Å². The molecule has 3 aromatic rings. The number of carbonyl (C=O) groups is 1. The van der Waals surface area contributed by atoms with E-state index in [4.69, 9.17) is 0 Å². The molecule has 1 fully saturated rings. The Morgan fingerprint density at radius 1 is 1.17 bits per heavy atom. The van der Waals surface area contributed by atoms with Gasteiger partial charge in [0.15, 0.2) is 0 Å². The highest BCUT2D eigenvalue weighted by atomic mass is 32.1. The van der Waals surface area contributed by atoms with Gasteiger partial charge in [-0.3, -0.25) is 14.4 Å². The lowest BCUT2D eigenvalue weighted by Crippen LogP contribution is -2.39. The molecule has 0 radical (unpaired) electrons. The summed E-state index contributed by atoms with van der Waals surface area (Å²) in [5.41, 5.74) is 1.03. The van der Waals surface area contributed by atoms with Crippen molar-refractivity contribution in [2.45, 2.75) is 38.3 Å². The zero-order valence-electron chi connectivity index (χ0n) is 15.9. The molecule has 1 atom stereocenters. The number of carbonyl (C=O) groups excluding carboxylic acids is 1. The third-order valence-electron chi connectivity index (χ3n) is 4.85. The topological polar surface area (TPSA) is 98.9 Å². The predicted molar refractivity (Wildman–Crippen MR) is 110 cm³/mol. The molecule has 150 valence electrons. The molecular formula is C20H21N5O3S. The lowest BCUT2D eigenvalue weighted by atomic mass is 10.3. The lowest BCUT2D eigenvalue weighted by Gasteiger charge is -2.15. The maximum atomic E-state index is 12.5. The van der Waals surface area contributed by atoms with Crippen molar-refractivity contribution in [1.82, 2.24) is 24.9 Å². The third kappa shape index (κ3) is 4.34. The smallest absolute Gasteiger partial charge is 0.267 e. The van der Waals surface area contributed by atoms with Crippen LogP contribution in [0, 0.1) is 0 Å². The Hall–Kier alpha value is -3.07. The summed E-state index contributed by atoms with van der Waals surface area (Å²) in [6, 6.07) is 9.40. The van der Waals surface area contributed by atoms with Crippen LogP contribution in [-0.4, -0.2) is 32.0 Å². The number of amides is 1. The van der Waals surface area contributed by atoms with Gasteiger partial charge >= 0.3 is 0 Å². The minimum atomic E-state index is -0.773. The van der Waals surface area contributed by atoms with Crippen molar-refractivity contribution in [3.05, 3.63) is 68.2 Å². The number of hydrogen-bond donors (Lipinski definition) is 1. The van der Waals surface area contributed by atoms with E-state index < -0.39 is 6.04 Å². The molecule has 1 aliphatic carbocycles. The van der Waals surface area contributed by atoms with E-state index in [2.05, 4.69) is 15.5 Å². The minimum absolute atomic E-state index is 0.196. The van der Waals surface area contributed by atoms with E-state index in [0.717, 1.165) is 23.4 Å². The molecule has 1 aliphatic rings. The summed E-state index contributed by atoms with van der Waals surface area (Å²) >= 11 is 1.51. The van der Waals surface area contributed by atoms with Crippen LogP contribution in [-0.2, 0) is 11.3 Å². The summed E-state index contributed by atoms with van der Waals surface area (Å²) < 4.78 is 2.56. The van der Waals surface area contributed by atoms with Crippen LogP contribution in [0.25, 0.3) is 10.6 Å². The second kappa shape index (κ2) is 8.12. The summed E-state index contributed by atoms with van der Waals surface area (Å²) in [6.07, 6.45) is 2.21. The van der Waals surface area contributed by atoms with Gasteiger partial charge < -0.3 is 5.32 Å². The molecule has 1 unspecified atom stereocenters. The number of nitrogens with one attached hydrogen (secondary N) is 1. The average molecular weight is 411 g/mol. The number of rotatable bonds is 7. The van der Waals surface area contributed by atoms with E-state index in [1.807, 2.05) is 17.5 Å². The van der Waals surface area contributed by atoms with Crippen LogP contribution in [0.3, 0.4) is 0 Å². The summed E-state index contributed by atoms with van der Waals surface area (Å²) in [7, 11) is 0. The quantitative estimate of drug-likeness (QED) is 0.639. The summed E-state index contributed by atoms with van der Waals surface area (Å²) in [6.45, 7) is 2.14. The van der Waals surface area contributed by atoms with E-state index >= 15 is 0 Å². The summed E-state index contributed by atoms with van der Waals surface area (Å²) in [5.74, 6) is 0.111. The van der Waals surface area contributed by atoms with Gasteiger partial charge in [-0.2, -0.15) is 10.2 Å². The number of hydrogen-bond acceptors (Lipinski definition) is 6. The molecule has 3 heterocycles. The second-order valence-corrected chi connectivity index (χ2v) is 7.99. The zero-order chi connectivity index (χ0) is 20.4. The van der Waals surface area contributed by atoms with Gasteiger partial charge in [-0.1, -0.05) is 6.07 Å². The highest BCUT2D eigenvalue weighted by molar-refractivity contribution is 7.13. The maximum Gasteiger partial charge on any atom is 0.267 e. The highest BCUT2D eigenvalue weighted by Crippen LogP contribution is 2.38. The molecule has 4 rings (SSSR count). The zero-order valence-corrected chi connectivity index (χ0v) is 16.8.